The summed E-state index contributed by atoms with van der Waals surface area (Å²) < 4.78 is 0. The van der Waals surface area contributed by atoms with Gasteiger partial charge in [0.15, 0.2) is 0 Å². The minimum Gasteiger partial charge on any atom is -0.342 e. The second-order valence-electron chi connectivity index (χ2n) is 8.67. The molecule has 164 valence electrons. The molecule has 2 saturated heterocycles. The highest BCUT2D eigenvalue weighted by molar-refractivity contribution is 6.00. The third kappa shape index (κ3) is 5.02. The summed E-state index contributed by atoms with van der Waals surface area (Å²) in [6, 6.07) is 7.85. The largest absolute Gasteiger partial charge is 0.342 e. The zero-order valence-corrected chi connectivity index (χ0v) is 18.6. The number of likely N-dealkylation sites (tertiary alicyclic amines) is 1. The van der Waals surface area contributed by atoms with Crippen LogP contribution in [0, 0.1) is 18.8 Å². The zero-order valence-electron chi connectivity index (χ0n) is 18.6. The lowest BCUT2D eigenvalue weighted by Crippen LogP contribution is -2.46. The first-order chi connectivity index (χ1) is 14.4. The second kappa shape index (κ2) is 10.1. The van der Waals surface area contributed by atoms with E-state index in [0.29, 0.717) is 19.6 Å². The number of hydrogen-bond donors (Lipinski definition) is 0. The van der Waals surface area contributed by atoms with Gasteiger partial charge in [-0.2, -0.15) is 0 Å². The quantitative estimate of drug-likeness (QED) is 0.689. The van der Waals surface area contributed by atoms with E-state index in [-0.39, 0.29) is 36.0 Å². The Morgan fingerprint density at radius 2 is 1.60 bits per heavy atom. The van der Waals surface area contributed by atoms with Crippen LogP contribution in [0.3, 0.4) is 0 Å². The highest BCUT2D eigenvalue weighted by atomic mass is 16.2. The molecule has 2 aliphatic heterocycles. The molecule has 3 amide bonds. The number of carbonyl (C=O) groups is 3. The Balaban J connectivity index is 1.54. The third-order valence-corrected chi connectivity index (χ3v) is 6.27. The SMILES string of the molecule is CCCN(CCC)C(=O)C1CCN(C(=O)C2CC(=O)N(c3ccc(C)cc3)C2)CC1. The van der Waals surface area contributed by atoms with E-state index in [0.717, 1.165) is 50.0 Å². The summed E-state index contributed by atoms with van der Waals surface area (Å²) >= 11 is 0. The van der Waals surface area contributed by atoms with E-state index < -0.39 is 0 Å². The van der Waals surface area contributed by atoms with E-state index in [9.17, 15) is 14.4 Å². The number of benzene rings is 1. The molecule has 0 N–H and O–H groups in total. The number of hydrogen-bond acceptors (Lipinski definition) is 3. The van der Waals surface area contributed by atoms with E-state index in [4.69, 9.17) is 0 Å². The van der Waals surface area contributed by atoms with Crippen molar-refractivity contribution in [2.75, 3.05) is 37.6 Å². The van der Waals surface area contributed by atoms with E-state index in [1.165, 1.54) is 0 Å². The van der Waals surface area contributed by atoms with Gasteiger partial charge in [-0.05, 0) is 44.7 Å². The molecule has 1 unspecified atom stereocenters. The van der Waals surface area contributed by atoms with Gasteiger partial charge in [0.05, 0.1) is 5.92 Å². The van der Waals surface area contributed by atoms with Crippen molar-refractivity contribution in [3.8, 4) is 0 Å². The van der Waals surface area contributed by atoms with Crippen LogP contribution in [-0.4, -0.2) is 60.2 Å². The first-order valence-corrected chi connectivity index (χ1v) is 11.4. The molecule has 30 heavy (non-hydrogen) atoms. The van der Waals surface area contributed by atoms with Crippen molar-refractivity contribution in [2.45, 2.75) is 52.9 Å². The normalized spacial score (nSPS) is 20.0. The summed E-state index contributed by atoms with van der Waals surface area (Å²) in [5.41, 5.74) is 2.00. The molecule has 2 heterocycles. The van der Waals surface area contributed by atoms with Crippen molar-refractivity contribution in [3.63, 3.8) is 0 Å². The van der Waals surface area contributed by atoms with Crippen LogP contribution in [0.1, 0.15) is 51.5 Å². The molecule has 0 radical (unpaired) electrons. The van der Waals surface area contributed by atoms with Gasteiger partial charge < -0.3 is 14.7 Å². The molecular formula is C24H35N3O3. The Kier molecular flexibility index (Phi) is 7.51. The van der Waals surface area contributed by atoms with Gasteiger partial charge in [-0.3, -0.25) is 14.4 Å². The maximum atomic E-state index is 13.0. The number of amides is 3. The monoisotopic (exact) mass is 413 g/mol. The average Bonchev–Trinajstić information content (AvgIpc) is 3.15. The minimum atomic E-state index is -0.289. The van der Waals surface area contributed by atoms with Crippen LogP contribution in [0.2, 0.25) is 0 Å². The summed E-state index contributed by atoms with van der Waals surface area (Å²) in [5, 5.41) is 0. The van der Waals surface area contributed by atoms with Crippen molar-refractivity contribution < 1.29 is 14.4 Å². The molecule has 0 aromatic heterocycles. The number of aryl methyl sites for hydroxylation is 1. The zero-order chi connectivity index (χ0) is 21.7. The Hall–Kier alpha value is -2.37. The predicted octanol–water partition coefficient (Wildman–Crippen LogP) is 3.24. The van der Waals surface area contributed by atoms with Crippen LogP contribution >= 0.6 is 0 Å². The van der Waals surface area contributed by atoms with Crippen LogP contribution < -0.4 is 4.90 Å². The standard InChI is InChI=1S/C24H35N3O3/c1-4-12-25(13-5-2)23(29)19-10-14-26(15-11-19)24(30)20-16-22(28)27(17-20)21-8-6-18(3)7-9-21/h6-9,19-20H,4-5,10-17H2,1-3H3. The molecule has 2 aliphatic rings. The molecular weight excluding hydrogens is 378 g/mol. The fraction of sp³-hybridized carbons (Fsp3) is 0.625. The predicted molar refractivity (Wildman–Crippen MR) is 118 cm³/mol. The molecule has 0 spiro atoms. The molecule has 1 aromatic rings. The third-order valence-electron chi connectivity index (χ3n) is 6.27. The number of carbonyl (C=O) groups excluding carboxylic acids is 3. The summed E-state index contributed by atoms with van der Waals surface area (Å²) in [5.74, 6) is 0.0383. The van der Waals surface area contributed by atoms with Crippen molar-refractivity contribution >= 4 is 23.4 Å². The fourth-order valence-electron chi connectivity index (χ4n) is 4.58. The number of rotatable bonds is 7. The summed E-state index contributed by atoms with van der Waals surface area (Å²) in [7, 11) is 0. The average molecular weight is 414 g/mol. The van der Waals surface area contributed by atoms with Gasteiger partial charge in [0.2, 0.25) is 17.7 Å². The molecule has 0 bridgehead atoms. The molecule has 3 rings (SSSR count). The van der Waals surface area contributed by atoms with Gasteiger partial charge in [-0.15, -0.1) is 0 Å². The lowest BCUT2D eigenvalue weighted by atomic mass is 9.94. The van der Waals surface area contributed by atoms with Gasteiger partial charge >= 0.3 is 0 Å². The smallest absolute Gasteiger partial charge is 0.228 e. The molecule has 6 heteroatoms. The van der Waals surface area contributed by atoms with Crippen molar-refractivity contribution in [2.24, 2.45) is 11.8 Å². The molecule has 0 saturated carbocycles. The highest BCUT2D eigenvalue weighted by Gasteiger charge is 2.39. The molecule has 1 aromatic carbocycles. The van der Waals surface area contributed by atoms with Gasteiger partial charge in [-0.25, -0.2) is 0 Å². The number of piperidine rings is 1. The number of anilines is 1. The summed E-state index contributed by atoms with van der Waals surface area (Å²) in [6.45, 7) is 9.49. The van der Waals surface area contributed by atoms with E-state index in [1.807, 2.05) is 41.0 Å². The van der Waals surface area contributed by atoms with Crippen LogP contribution in [0.25, 0.3) is 0 Å². The van der Waals surface area contributed by atoms with Crippen LogP contribution in [0.15, 0.2) is 24.3 Å². The first kappa shape index (κ1) is 22.3. The molecule has 2 fully saturated rings. The van der Waals surface area contributed by atoms with E-state index >= 15 is 0 Å². The second-order valence-corrected chi connectivity index (χ2v) is 8.67. The van der Waals surface area contributed by atoms with Crippen LogP contribution in [-0.2, 0) is 14.4 Å². The van der Waals surface area contributed by atoms with Crippen molar-refractivity contribution in [3.05, 3.63) is 29.8 Å². The van der Waals surface area contributed by atoms with Crippen LogP contribution in [0.5, 0.6) is 0 Å². The summed E-state index contributed by atoms with van der Waals surface area (Å²) in [6.07, 6.45) is 3.65. The molecule has 0 aliphatic carbocycles. The Bertz CT molecular complexity index is 747. The lowest BCUT2D eigenvalue weighted by Gasteiger charge is -2.35. The number of nitrogens with zero attached hydrogens (tertiary/aromatic N) is 3. The van der Waals surface area contributed by atoms with Gasteiger partial charge in [-0.1, -0.05) is 31.5 Å². The summed E-state index contributed by atoms with van der Waals surface area (Å²) in [4.78, 5) is 44.0. The van der Waals surface area contributed by atoms with E-state index in [1.54, 1.807) is 4.90 Å². The van der Waals surface area contributed by atoms with Crippen molar-refractivity contribution in [1.29, 1.82) is 0 Å². The molecule has 1 atom stereocenters. The minimum absolute atomic E-state index is 0.0111. The van der Waals surface area contributed by atoms with E-state index in [2.05, 4.69) is 13.8 Å². The van der Waals surface area contributed by atoms with Gasteiger partial charge in [0.1, 0.15) is 0 Å². The maximum Gasteiger partial charge on any atom is 0.228 e. The van der Waals surface area contributed by atoms with Crippen LogP contribution in [0.4, 0.5) is 5.69 Å². The maximum absolute atomic E-state index is 13.0. The Morgan fingerprint density at radius 1 is 1.00 bits per heavy atom. The topological polar surface area (TPSA) is 60.9 Å². The van der Waals surface area contributed by atoms with Crippen molar-refractivity contribution in [1.82, 2.24) is 9.80 Å². The molecule has 6 nitrogen and oxygen atoms in total. The highest BCUT2D eigenvalue weighted by Crippen LogP contribution is 2.28. The Morgan fingerprint density at radius 3 is 2.17 bits per heavy atom. The Labute approximate surface area is 180 Å². The fourth-order valence-corrected chi connectivity index (χ4v) is 4.58. The first-order valence-electron chi connectivity index (χ1n) is 11.4. The van der Waals surface area contributed by atoms with Gasteiger partial charge in [0.25, 0.3) is 0 Å². The lowest BCUT2D eigenvalue weighted by molar-refractivity contribution is -0.142. The van der Waals surface area contributed by atoms with Gasteiger partial charge in [0, 0.05) is 50.7 Å².